The number of carbonyl (C=O) groups is 2. The Morgan fingerprint density at radius 2 is 1.91 bits per heavy atom. The molecule has 0 bridgehead atoms. The highest BCUT2D eigenvalue weighted by molar-refractivity contribution is 5.81. The van der Waals surface area contributed by atoms with Crippen LogP contribution in [0.3, 0.4) is 0 Å². The zero-order valence-corrected chi connectivity index (χ0v) is 14.5. The fourth-order valence-corrected chi connectivity index (χ4v) is 3.60. The van der Waals surface area contributed by atoms with Crippen molar-refractivity contribution in [2.45, 2.75) is 51.2 Å². The molecule has 0 aromatic carbocycles. The molecule has 6 heteroatoms. The lowest BCUT2D eigenvalue weighted by molar-refractivity contribution is -0.129. The zero-order chi connectivity index (χ0) is 16.8. The molecule has 1 fully saturated rings. The third-order valence-corrected chi connectivity index (χ3v) is 4.91. The van der Waals surface area contributed by atoms with Crippen molar-refractivity contribution in [3.63, 3.8) is 0 Å². The number of nitrogens with zero attached hydrogens (tertiary/aromatic N) is 2. The Kier molecular flexibility index (Phi) is 3.91. The second kappa shape index (κ2) is 5.51. The first-order valence-corrected chi connectivity index (χ1v) is 8.27. The molecule has 1 saturated heterocycles. The van der Waals surface area contributed by atoms with E-state index in [-0.39, 0.29) is 17.6 Å². The molecule has 3 aliphatic heterocycles. The fourth-order valence-electron chi connectivity index (χ4n) is 3.60. The Balaban J connectivity index is 1.67. The second-order valence-electron chi connectivity index (χ2n) is 7.76. The summed E-state index contributed by atoms with van der Waals surface area (Å²) >= 11 is 0. The van der Waals surface area contributed by atoms with Gasteiger partial charge in [-0.15, -0.1) is 0 Å². The van der Waals surface area contributed by atoms with E-state index in [4.69, 9.17) is 9.47 Å². The molecule has 0 aliphatic carbocycles. The molecule has 0 unspecified atom stereocenters. The van der Waals surface area contributed by atoms with Crippen molar-refractivity contribution in [2.75, 3.05) is 33.3 Å². The summed E-state index contributed by atoms with van der Waals surface area (Å²) in [6.07, 6.45) is 1.76. The Labute approximate surface area is 137 Å². The Bertz CT molecular complexity index is 553. The van der Waals surface area contributed by atoms with E-state index in [0.29, 0.717) is 32.7 Å². The van der Waals surface area contributed by atoms with E-state index in [1.165, 1.54) is 5.57 Å². The van der Waals surface area contributed by atoms with Crippen molar-refractivity contribution in [2.24, 2.45) is 0 Å². The van der Waals surface area contributed by atoms with Gasteiger partial charge in [-0.25, -0.2) is 4.79 Å². The van der Waals surface area contributed by atoms with Crippen LogP contribution in [0.1, 0.15) is 40.0 Å². The molecule has 6 nitrogen and oxygen atoms in total. The van der Waals surface area contributed by atoms with Crippen LogP contribution in [0.15, 0.2) is 11.1 Å². The van der Waals surface area contributed by atoms with Gasteiger partial charge in [-0.1, -0.05) is 0 Å². The molecule has 0 saturated carbocycles. The Morgan fingerprint density at radius 1 is 1.26 bits per heavy atom. The smallest absolute Gasteiger partial charge is 0.410 e. The average Bonchev–Trinajstić information content (AvgIpc) is 2.77. The highest BCUT2D eigenvalue weighted by Crippen LogP contribution is 2.43. The SMILES string of the molecule is CN1CC2=C(COC23CCN(C(=O)OC(C)(C)C)CC3)CC1=O. The first-order valence-electron chi connectivity index (χ1n) is 8.27. The van der Waals surface area contributed by atoms with Crippen LogP contribution in [-0.2, 0) is 14.3 Å². The molecule has 0 N–H and O–H groups in total. The van der Waals surface area contributed by atoms with Crippen LogP contribution in [0.4, 0.5) is 4.79 Å². The Hall–Kier alpha value is -1.56. The minimum atomic E-state index is -0.474. The number of likely N-dealkylation sites (tertiary alicyclic amines) is 1. The normalized spacial score (nSPS) is 24.3. The molecule has 3 rings (SSSR count). The number of ether oxygens (including phenoxy) is 2. The van der Waals surface area contributed by atoms with Gasteiger partial charge < -0.3 is 19.3 Å². The number of amides is 2. The predicted octanol–water partition coefficient (Wildman–Crippen LogP) is 1.95. The fraction of sp³-hybridized carbons (Fsp3) is 0.765. The summed E-state index contributed by atoms with van der Waals surface area (Å²) in [5.41, 5.74) is 1.66. The Morgan fingerprint density at radius 3 is 2.52 bits per heavy atom. The molecule has 0 aromatic rings. The van der Waals surface area contributed by atoms with Crippen LogP contribution < -0.4 is 0 Å². The molecule has 0 radical (unpaired) electrons. The van der Waals surface area contributed by atoms with Crippen molar-refractivity contribution in [3.8, 4) is 0 Å². The predicted molar refractivity (Wildman–Crippen MR) is 85.0 cm³/mol. The van der Waals surface area contributed by atoms with Crippen LogP contribution >= 0.6 is 0 Å². The van der Waals surface area contributed by atoms with Gasteiger partial charge in [-0.05, 0) is 44.8 Å². The first-order chi connectivity index (χ1) is 10.7. The molecule has 1 spiro atoms. The molecule has 23 heavy (non-hydrogen) atoms. The van der Waals surface area contributed by atoms with Gasteiger partial charge in [0.05, 0.1) is 18.6 Å². The lowest BCUT2D eigenvalue weighted by Gasteiger charge is -2.42. The molecule has 0 atom stereocenters. The summed E-state index contributed by atoms with van der Waals surface area (Å²) < 4.78 is 11.6. The summed E-state index contributed by atoms with van der Waals surface area (Å²) in [5, 5.41) is 0. The van der Waals surface area contributed by atoms with Crippen LogP contribution in [0.5, 0.6) is 0 Å². The monoisotopic (exact) mass is 322 g/mol. The maximum absolute atomic E-state index is 12.2. The van der Waals surface area contributed by atoms with Gasteiger partial charge in [0.2, 0.25) is 5.91 Å². The molecule has 2 amide bonds. The average molecular weight is 322 g/mol. The van der Waals surface area contributed by atoms with E-state index in [9.17, 15) is 9.59 Å². The number of hydrogen-bond donors (Lipinski definition) is 0. The standard InChI is InChI=1S/C17H26N2O4/c1-16(2,3)23-15(21)19-7-5-17(6-8-19)13-10-18(4)14(20)9-12(13)11-22-17/h5-11H2,1-4H3. The van der Waals surface area contributed by atoms with Crippen molar-refractivity contribution < 1.29 is 19.1 Å². The van der Waals surface area contributed by atoms with Crippen LogP contribution in [0, 0.1) is 0 Å². The van der Waals surface area contributed by atoms with E-state index in [2.05, 4.69) is 0 Å². The summed E-state index contributed by atoms with van der Waals surface area (Å²) in [5.74, 6) is 0.163. The van der Waals surface area contributed by atoms with E-state index >= 15 is 0 Å². The van der Waals surface area contributed by atoms with Crippen LogP contribution in [-0.4, -0.2) is 66.3 Å². The maximum atomic E-state index is 12.2. The number of piperidine rings is 1. The number of likely N-dealkylation sites (N-methyl/N-ethyl adjacent to an activating group) is 1. The third-order valence-electron chi connectivity index (χ3n) is 4.91. The molecule has 3 aliphatic rings. The second-order valence-corrected chi connectivity index (χ2v) is 7.76. The third kappa shape index (κ3) is 3.09. The van der Waals surface area contributed by atoms with Crippen molar-refractivity contribution in [1.82, 2.24) is 9.80 Å². The first kappa shape index (κ1) is 16.3. The number of rotatable bonds is 0. The minimum Gasteiger partial charge on any atom is -0.444 e. The van der Waals surface area contributed by atoms with Gasteiger partial charge in [-0.2, -0.15) is 0 Å². The summed E-state index contributed by atoms with van der Waals surface area (Å²) in [6.45, 7) is 8.10. The number of fused-ring (bicyclic) bond motifs is 1. The van der Waals surface area contributed by atoms with Crippen molar-refractivity contribution in [1.29, 1.82) is 0 Å². The largest absolute Gasteiger partial charge is 0.444 e. The topological polar surface area (TPSA) is 59.1 Å². The van der Waals surface area contributed by atoms with Crippen LogP contribution in [0.2, 0.25) is 0 Å². The summed E-state index contributed by atoms with van der Waals surface area (Å²) in [4.78, 5) is 27.6. The molecular formula is C17H26N2O4. The molecule has 0 aromatic heterocycles. The quantitative estimate of drug-likeness (QED) is 0.640. The van der Waals surface area contributed by atoms with Gasteiger partial charge in [-0.3, -0.25) is 4.79 Å². The number of carbonyl (C=O) groups excluding carboxylic acids is 2. The summed E-state index contributed by atoms with van der Waals surface area (Å²) in [6, 6.07) is 0. The van der Waals surface area contributed by atoms with Gasteiger partial charge in [0.25, 0.3) is 0 Å². The van der Waals surface area contributed by atoms with E-state index < -0.39 is 5.60 Å². The maximum Gasteiger partial charge on any atom is 0.410 e. The lowest BCUT2D eigenvalue weighted by Crippen LogP contribution is -2.50. The zero-order valence-electron chi connectivity index (χ0n) is 14.5. The molecule has 128 valence electrons. The molecular weight excluding hydrogens is 296 g/mol. The summed E-state index contributed by atoms with van der Waals surface area (Å²) in [7, 11) is 1.84. The van der Waals surface area contributed by atoms with E-state index in [1.807, 2.05) is 27.8 Å². The highest BCUT2D eigenvalue weighted by atomic mass is 16.6. The molecule has 3 heterocycles. The van der Waals surface area contributed by atoms with E-state index in [1.54, 1.807) is 9.80 Å². The van der Waals surface area contributed by atoms with Crippen molar-refractivity contribution in [3.05, 3.63) is 11.1 Å². The van der Waals surface area contributed by atoms with Crippen molar-refractivity contribution >= 4 is 12.0 Å². The van der Waals surface area contributed by atoms with Gasteiger partial charge in [0.15, 0.2) is 0 Å². The van der Waals surface area contributed by atoms with E-state index in [0.717, 1.165) is 18.4 Å². The van der Waals surface area contributed by atoms with Gasteiger partial charge in [0, 0.05) is 26.7 Å². The lowest BCUT2D eigenvalue weighted by atomic mass is 9.81. The number of hydrogen-bond acceptors (Lipinski definition) is 4. The van der Waals surface area contributed by atoms with Gasteiger partial charge >= 0.3 is 6.09 Å². The van der Waals surface area contributed by atoms with Gasteiger partial charge in [0.1, 0.15) is 5.60 Å². The highest BCUT2D eigenvalue weighted by Gasteiger charge is 2.47. The minimum absolute atomic E-state index is 0.163. The van der Waals surface area contributed by atoms with Crippen LogP contribution in [0.25, 0.3) is 0 Å².